The summed E-state index contributed by atoms with van der Waals surface area (Å²) < 4.78 is 33.0. The van der Waals surface area contributed by atoms with E-state index in [9.17, 15) is 8.42 Å². The first kappa shape index (κ1) is 20.5. The Bertz CT molecular complexity index is 644. The highest BCUT2D eigenvalue weighted by Gasteiger charge is 2.29. The minimum Gasteiger partial charge on any atom is -0.495 e. The Morgan fingerprint density at radius 1 is 1.35 bits per heavy atom. The van der Waals surface area contributed by atoms with E-state index in [4.69, 9.17) is 16.3 Å². The van der Waals surface area contributed by atoms with E-state index in [1.807, 2.05) is 0 Å². The number of aryl methyl sites for hydroxylation is 1. The zero-order valence-electron chi connectivity index (χ0n) is 13.6. The summed E-state index contributed by atoms with van der Waals surface area (Å²) in [6, 6.07) is 3.09. The topological polar surface area (TPSA) is 67.4 Å². The lowest BCUT2D eigenvalue weighted by molar-refractivity contribution is 0.232. The summed E-state index contributed by atoms with van der Waals surface area (Å²) in [6.45, 7) is 6.13. The highest BCUT2D eigenvalue weighted by Crippen LogP contribution is 2.31. The van der Waals surface area contributed by atoms with Gasteiger partial charge in [-0.1, -0.05) is 18.5 Å². The predicted molar refractivity (Wildman–Crippen MR) is 95.4 cm³/mol. The zero-order valence-corrected chi connectivity index (χ0v) is 16.0. The molecule has 2 rings (SSSR count). The number of hydrogen-bond donors (Lipinski definition) is 2. The second-order valence-corrected chi connectivity index (χ2v) is 8.28. The van der Waals surface area contributed by atoms with Crippen molar-refractivity contribution in [2.45, 2.75) is 31.6 Å². The van der Waals surface area contributed by atoms with Crippen molar-refractivity contribution < 1.29 is 13.2 Å². The molecular weight excluding hydrogens is 359 g/mol. The molecular formula is C15H24Cl2N2O3S. The van der Waals surface area contributed by atoms with Crippen LogP contribution in [0.5, 0.6) is 5.75 Å². The molecule has 0 radical (unpaired) electrons. The van der Waals surface area contributed by atoms with E-state index in [1.165, 1.54) is 13.2 Å². The van der Waals surface area contributed by atoms with Gasteiger partial charge in [0.05, 0.1) is 17.0 Å². The van der Waals surface area contributed by atoms with E-state index in [-0.39, 0.29) is 22.7 Å². The number of halogens is 2. The summed E-state index contributed by atoms with van der Waals surface area (Å²) in [5.41, 5.74) is 0.604. The van der Waals surface area contributed by atoms with Gasteiger partial charge < -0.3 is 10.1 Å². The van der Waals surface area contributed by atoms with Gasteiger partial charge in [-0.25, -0.2) is 13.1 Å². The van der Waals surface area contributed by atoms with Crippen LogP contribution in [0.1, 0.15) is 25.3 Å². The Morgan fingerprint density at radius 2 is 1.96 bits per heavy atom. The van der Waals surface area contributed by atoms with Gasteiger partial charge in [0.25, 0.3) is 0 Å². The van der Waals surface area contributed by atoms with Crippen LogP contribution in [-0.4, -0.2) is 35.2 Å². The normalized spacial score (nSPS) is 17.4. The summed E-state index contributed by atoms with van der Waals surface area (Å²) in [4.78, 5) is 0.204. The van der Waals surface area contributed by atoms with Gasteiger partial charge in [-0.2, -0.15) is 0 Å². The van der Waals surface area contributed by atoms with Crippen molar-refractivity contribution in [2.75, 3.05) is 26.7 Å². The molecule has 1 aromatic carbocycles. The summed E-state index contributed by atoms with van der Waals surface area (Å²) in [7, 11) is -2.08. The summed E-state index contributed by atoms with van der Waals surface area (Å²) in [5, 5.41) is 3.58. The van der Waals surface area contributed by atoms with Gasteiger partial charge in [-0.3, -0.25) is 0 Å². The van der Waals surface area contributed by atoms with Crippen LogP contribution in [0.3, 0.4) is 0 Å². The molecule has 0 unspecified atom stereocenters. The number of benzene rings is 1. The second kappa shape index (κ2) is 8.03. The molecule has 1 aliphatic heterocycles. The number of rotatable bonds is 5. The molecule has 0 atom stereocenters. The van der Waals surface area contributed by atoms with Crippen LogP contribution >= 0.6 is 24.0 Å². The molecule has 2 N–H and O–H groups in total. The lowest BCUT2D eigenvalue weighted by atomic mass is 9.81. The molecule has 132 valence electrons. The van der Waals surface area contributed by atoms with Crippen molar-refractivity contribution in [1.29, 1.82) is 0 Å². The minimum absolute atomic E-state index is 0. The molecule has 0 aliphatic carbocycles. The van der Waals surface area contributed by atoms with Crippen LogP contribution in [0, 0.1) is 12.3 Å². The number of methoxy groups -OCH3 is 1. The molecule has 1 saturated heterocycles. The first-order valence-corrected chi connectivity index (χ1v) is 9.18. The van der Waals surface area contributed by atoms with Crippen molar-refractivity contribution in [1.82, 2.24) is 10.0 Å². The smallest absolute Gasteiger partial charge is 0.240 e. The summed E-state index contributed by atoms with van der Waals surface area (Å²) in [5.74, 6) is 0.475. The molecule has 0 amide bonds. The van der Waals surface area contributed by atoms with E-state index in [2.05, 4.69) is 17.0 Å². The lowest BCUT2D eigenvalue weighted by Gasteiger charge is -2.34. The van der Waals surface area contributed by atoms with E-state index < -0.39 is 10.0 Å². The summed E-state index contributed by atoms with van der Waals surface area (Å²) in [6.07, 6.45) is 1.91. The van der Waals surface area contributed by atoms with Crippen molar-refractivity contribution >= 4 is 34.0 Å². The average molecular weight is 383 g/mol. The molecule has 0 bridgehead atoms. The molecule has 23 heavy (non-hydrogen) atoms. The van der Waals surface area contributed by atoms with Crippen molar-refractivity contribution in [3.05, 3.63) is 22.7 Å². The highest BCUT2D eigenvalue weighted by molar-refractivity contribution is 7.89. The van der Waals surface area contributed by atoms with Crippen LogP contribution in [-0.2, 0) is 10.0 Å². The highest BCUT2D eigenvalue weighted by atomic mass is 35.5. The molecule has 8 heteroatoms. The van der Waals surface area contributed by atoms with Crippen LogP contribution in [0.25, 0.3) is 0 Å². The Balaban J connectivity index is 0.00000264. The van der Waals surface area contributed by atoms with E-state index in [0.717, 1.165) is 25.9 Å². The third-order valence-electron chi connectivity index (χ3n) is 4.24. The zero-order chi connectivity index (χ0) is 16.4. The Morgan fingerprint density at radius 3 is 2.52 bits per heavy atom. The molecule has 0 saturated carbocycles. The SMILES string of the molecule is COc1cc(C)c(S(=O)(=O)NCC2(C)CCNCC2)cc1Cl.Cl. The lowest BCUT2D eigenvalue weighted by Crippen LogP contribution is -2.42. The predicted octanol–water partition coefficient (Wildman–Crippen LogP) is 2.75. The van der Waals surface area contributed by atoms with Crippen molar-refractivity contribution in [2.24, 2.45) is 5.41 Å². The van der Waals surface area contributed by atoms with Crippen LogP contribution in [0.2, 0.25) is 5.02 Å². The van der Waals surface area contributed by atoms with Crippen LogP contribution < -0.4 is 14.8 Å². The maximum absolute atomic E-state index is 12.6. The molecule has 1 aromatic rings. The molecule has 0 spiro atoms. The summed E-state index contributed by atoms with van der Waals surface area (Å²) >= 11 is 6.06. The maximum atomic E-state index is 12.6. The van der Waals surface area contributed by atoms with Crippen molar-refractivity contribution in [3.63, 3.8) is 0 Å². The molecule has 5 nitrogen and oxygen atoms in total. The van der Waals surface area contributed by atoms with Gasteiger partial charge in [-0.05, 0) is 56.0 Å². The monoisotopic (exact) mass is 382 g/mol. The quantitative estimate of drug-likeness (QED) is 0.821. The van der Waals surface area contributed by atoms with Gasteiger partial charge in [0, 0.05) is 6.54 Å². The van der Waals surface area contributed by atoms with E-state index in [0.29, 0.717) is 22.9 Å². The fourth-order valence-electron chi connectivity index (χ4n) is 2.64. The first-order chi connectivity index (χ1) is 10.3. The van der Waals surface area contributed by atoms with Crippen molar-refractivity contribution in [3.8, 4) is 5.75 Å². The largest absolute Gasteiger partial charge is 0.495 e. The molecule has 1 heterocycles. The van der Waals surface area contributed by atoms with Gasteiger partial charge >= 0.3 is 0 Å². The van der Waals surface area contributed by atoms with Gasteiger partial charge in [0.15, 0.2) is 0 Å². The first-order valence-electron chi connectivity index (χ1n) is 7.32. The van der Waals surface area contributed by atoms with Gasteiger partial charge in [-0.15, -0.1) is 12.4 Å². The van der Waals surface area contributed by atoms with E-state index in [1.54, 1.807) is 13.0 Å². The Kier molecular flexibility index (Phi) is 7.16. The Labute approximate surface area is 149 Å². The molecule has 1 aliphatic rings. The standard InChI is InChI=1S/C15H23ClN2O3S.ClH/c1-11-8-13(21-3)12(16)9-14(11)22(19,20)18-10-15(2)4-6-17-7-5-15;/h8-9,17-18H,4-7,10H2,1-3H3;1H. The number of nitrogens with one attached hydrogen (secondary N) is 2. The average Bonchev–Trinajstić information content (AvgIpc) is 2.48. The second-order valence-electron chi connectivity index (χ2n) is 6.14. The van der Waals surface area contributed by atoms with Gasteiger partial charge in [0.1, 0.15) is 5.75 Å². The van der Waals surface area contributed by atoms with E-state index >= 15 is 0 Å². The molecule has 0 aromatic heterocycles. The number of hydrogen-bond acceptors (Lipinski definition) is 4. The number of piperidine rings is 1. The maximum Gasteiger partial charge on any atom is 0.240 e. The third-order valence-corrected chi connectivity index (χ3v) is 6.08. The van der Waals surface area contributed by atoms with Crippen LogP contribution in [0.4, 0.5) is 0 Å². The fourth-order valence-corrected chi connectivity index (χ4v) is 4.39. The number of sulfonamides is 1. The van der Waals surface area contributed by atoms with Gasteiger partial charge in [0.2, 0.25) is 10.0 Å². The third kappa shape index (κ3) is 4.97. The minimum atomic E-state index is -3.59. The number of ether oxygens (including phenoxy) is 1. The molecule has 1 fully saturated rings. The fraction of sp³-hybridized carbons (Fsp3) is 0.600. The Hall–Kier alpha value is -0.530. The van der Waals surface area contributed by atoms with Crippen LogP contribution in [0.15, 0.2) is 17.0 Å².